The Bertz CT molecular complexity index is 1470. The number of thiazole rings is 1. The summed E-state index contributed by atoms with van der Waals surface area (Å²) >= 11 is 4.48. The van der Waals surface area contributed by atoms with Crippen LogP contribution in [0.4, 0.5) is 5.13 Å². The number of fused-ring (bicyclic) bond motifs is 2. The van der Waals surface area contributed by atoms with Gasteiger partial charge < -0.3 is 9.15 Å². The van der Waals surface area contributed by atoms with Crippen LogP contribution in [0.5, 0.6) is 0 Å². The number of para-hydroxylation sites is 1. The van der Waals surface area contributed by atoms with Gasteiger partial charge >= 0.3 is 5.97 Å². The molecule has 9 heteroatoms. The number of ether oxygens (including phenoxy) is 1. The first-order valence-electron chi connectivity index (χ1n) is 10.2. The number of amides is 1. The second-order valence-corrected chi connectivity index (χ2v) is 9.32. The summed E-state index contributed by atoms with van der Waals surface area (Å²) in [6.07, 6.45) is 0. The van der Waals surface area contributed by atoms with Crippen LogP contribution in [0.15, 0.2) is 62.2 Å². The van der Waals surface area contributed by atoms with Crippen molar-refractivity contribution in [1.82, 2.24) is 4.98 Å². The molecule has 7 nitrogen and oxygen atoms in total. The minimum Gasteiger partial charge on any atom is -0.462 e. The Hall–Kier alpha value is -3.30. The number of rotatable bonds is 4. The molecule has 166 valence electrons. The van der Waals surface area contributed by atoms with Crippen molar-refractivity contribution in [2.75, 3.05) is 11.5 Å². The van der Waals surface area contributed by atoms with Crippen molar-refractivity contribution in [2.45, 2.75) is 19.9 Å². The quantitative estimate of drug-likeness (QED) is 0.339. The van der Waals surface area contributed by atoms with E-state index in [0.29, 0.717) is 26.7 Å². The third kappa shape index (κ3) is 3.48. The number of anilines is 1. The van der Waals surface area contributed by atoms with E-state index in [-0.39, 0.29) is 23.4 Å². The van der Waals surface area contributed by atoms with Crippen LogP contribution in [0.2, 0.25) is 0 Å². The molecule has 1 atom stereocenters. The van der Waals surface area contributed by atoms with Gasteiger partial charge in [0.15, 0.2) is 10.6 Å². The Balaban J connectivity index is 1.74. The van der Waals surface area contributed by atoms with Crippen LogP contribution in [0.1, 0.15) is 50.0 Å². The van der Waals surface area contributed by atoms with Crippen LogP contribution in [0, 0.1) is 6.92 Å². The van der Waals surface area contributed by atoms with Crippen molar-refractivity contribution in [3.8, 4) is 0 Å². The molecule has 0 saturated carbocycles. The van der Waals surface area contributed by atoms with Gasteiger partial charge in [0, 0.05) is 4.47 Å². The average molecular weight is 525 g/mol. The van der Waals surface area contributed by atoms with Gasteiger partial charge in [0.25, 0.3) is 5.91 Å². The normalized spacial score (nSPS) is 15.2. The highest BCUT2D eigenvalue weighted by molar-refractivity contribution is 9.10. The molecule has 0 aliphatic carbocycles. The van der Waals surface area contributed by atoms with E-state index in [0.717, 1.165) is 21.4 Å². The van der Waals surface area contributed by atoms with E-state index in [1.807, 2.05) is 24.3 Å². The van der Waals surface area contributed by atoms with Crippen molar-refractivity contribution >= 4 is 55.2 Å². The number of aromatic nitrogens is 1. The molecular weight excluding hydrogens is 508 g/mol. The highest BCUT2D eigenvalue weighted by atomic mass is 79.9. The first-order chi connectivity index (χ1) is 15.9. The number of benzene rings is 2. The van der Waals surface area contributed by atoms with Crippen molar-refractivity contribution in [3.05, 3.63) is 90.7 Å². The SMILES string of the molecule is CCOC(=O)c1sc(N2C(=O)c3oc4ccccc4c(=O)c3[C@@H]2c2ccc(Br)cc2)nc1C. The highest BCUT2D eigenvalue weighted by Gasteiger charge is 2.45. The maximum Gasteiger partial charge on any atom is 0.350 e. The van der Waals surface area contributed by atoms with E-state index in [1.54, 1.807) is 38.1 Å². The van der Waals surface area contributed by atoms with E-state index in [4.69, 9.17) is 9.15 Å². The van der Waals surface area contributed by atoms with Gasteiger partial charge in [-0.1, -0.05) is 51.5 Å². The molecular formula is C24H17BrN2O5S. The molecule has 1 aliphatic heterocycles. The Morgan fingerprint density at radius 3 is 2.64 bits per heavy atom. The van der Waals surface area contributed by atoms with Crippen LogP contribution < -0.4 is 10.3 Å². The molecule has 0 fully saturated rings. The van der Waals surface area contributed by atoms with Gasteiger partial charge in [0.2, 0.25) is 5.76 Å². The minimum absolute atomic E-state index is 0.0165. The first kappa shape index (κ1) is 21.5. The molecule has 0 saturated heterocycles. The maximum atomic E-state index is 13.6. The van der Waals surface area contributed by atoms with Crippen LogP contribution >= 0.6 is 27.3 Å². The van der Waals surface area contributed by atoms with Gasteiger partial charge in [-0.15, -0.1) is 0 Å². The van der Waals surface area contributed by atoms with Crippen LogP contribution in [0.3, 0.4) is 0 Å². The fourth-order valence-corrected chi connectivity index (χ4v) is 5.20. The summed E-state index contributed by atoms with van der Waals surface area (Å²) in [6.45, 7) is 3.64. The summed E-state index contributed by atoms with van der Waals surface area (Å²) in [5, 5.41) is 0.693. The van der Waals surface area contributed by atoms with Crippen LogP contribution in [0.25, 0.3) is 11.0 Å². The number of esters is 1. The molecule has 2 aromatic heterocycles. The van der Waals surface area contributed by atoms with Gasteiger partial charge in [-0.25, -0.2) is 9.78 Å². The Morgan fingerprint density at radius 2 is 1.91 bits per heavy atom. The molecule has 5 rings (SSSR count). The molecule has 0 bridgehead atoms. The standard InChI is InChI=1S/C24H17BrN2O5S/c1-3-31-23(30)21-12(2)26-24(33-21)27-18(13-8-10-14(25)11-9-13)17-19(28)15-6-4-5-7-16(15)32-20(17)22(27)29/h4-11,18H,3H2,1-2H3/t18-/m0/s1. The summed E-state index contributed by atoms with van der Waals surface area (Å²) in [7, 11) is 0. The van der Waals surface area contributed by atoms with Crippen molar-refractivity contribution in [1.29, 1.82) is 0 Å². The van der Waals surface area contributed by atoms with Gasteiger partial charge in [0.1, 0.15) is 10.5 Å². The predicted octanol–water partition coefficient (Wildman–Crippen LogP) is 5.25. The number of nitrogens with zero attached hydrogens (tertiary/aromatic N) is 2. The first-order valence-corrected chi connectivity index (χ1v) is 11.8. The van der Waals surface area contributed by atoms with Gasteiger partial charge in [-0.05, 0) is 43.7 Å². The summed E-state index contributed by atoms with van der Waals surface area (Å²) in [6, 6.07) is 13.5. The molecule has 1 amide bonds. The molecule has 33 heavy (non-hydrogen) atoms. The summed E-state index contributed by atoms with van der Waals surface area (Å²) in [5.41, 5.74) is 1.50. The fourth-order valence-electron chi connectivity index (χ4n) is 3.95. The molecule has 1 aliphatic rings. The molecule has 4 aromatic rings. The number of carbonyl (C=O) groups is 2. The van der Waals surface area contributed by atoms with E-state index in [1.165, 1.54) is 4.90 Å². The molecule has 2 aromatic carbocycles. The van der Waals surface area contributed by atoms with E-state index >= 15 is 0 Å². The molecule has 0 spiro atoms. The fraction of sp³-hybridized carbons (Fsp3) is 0.167. The lowest BCUT2D eigenvalue weighted by atomic mass is 9.99. The predicted molar refractivity (Wildman–Crippen MR) is 128 cm³/mol. The number of hydrogen-bond acceptors (Lipinski definition) is 7. The van der Waals surface area contributed by atoms with Crippen molar-refractivity contribution < 1.29 is 18.7 Å². The average Bonchev–Trinajstić information content (AvgIpc) is 3.32. The van der Waals surface area contributed by atoms with Crippen molar-refractivity contribution in [2.24, 2.45) is 0 Å². The smallest absolute Gasteiger partial charge is 0.350 e. The van der Waals surface area contributed by atoms with E-state index < -0.39 is 17.9 Å². The number of aryl methyl sites for hydroxylation is 1. The maximum absolute atomic E-state index is 13.6. The second-order valence-electron chi connectivity index (χ2n) is 7.43. The van der Waals surface area contributed by atoms with Crippen LogP contribution in [-0.2, 0) is 4.74 Å². The van der Waals surface area contributed by atoms with E-state index in [9.17, 15) is 14.4 Å². The van der Waals surface area contributed by atoms with Gasteiger partial charge in [0.05, 0.1) is 29.3 Å². The van der Waals surface area contributed by atoms with Crippen LogP contribution in [-0.4, -0.2) is 23.5 Å². The van der Waals surface area contributed by atoms with Gasteiger partial charge in [-0.2, -0.15) is 0 Å². The van der Waals surface area contributed by atoms with Gasteiger partial charge in [-0.3, -0.25) is 14.5 Å². The Morgan fingerprint density at radius 1 is 1.18 bits per heavy atom. The monoisotopic (exact) mass is 524 g/mol. The molecule has 0 unspecified atom stereocenters. The molecule has 0 radical (unpaired) electrons. The zero-order valence-corrected chi connectivity index (χ0v) is 20.0. The molecule has 3 heterocycles. The topological polar surface area (TPSA) is 89.7 Å². The second kappa shape index (κ2) is 8.24. The zero-order valence-electron chi connectivity index (χ0n) is 17.6. The molecule has 0 N–H and O–H groups in total. The Labute approximate surface area is 200 Å². The number of halogens is 1. The lowest BCUT2D eigenvalue weighted by molar-refractivity contribution is 0.0531. The number of hydrogen-bond donors (Lipinski definition) is 0. The number of carbonyl (C=O) groups excluding carboxylic acids is 2. The largest absolute Gasteiger partial charge is 0.462 e. The van der Waals surface area contributed by atoms with E-state index in [2.05, 4.69) is 20.9 Å². The minimum atomic E-state index is -0.748. The third-order valence-corrected chi connectivity index (χ3v) is 7.08. The lowest BCUT2D eigenvalue weighted by Crippen LogP contribution is -2.29. The summed E-state index contributed by atoms with van der Waals surface area (Å²) < 4.78 is 11.9. The summed E-state index contributed by atoms with van der Waals surface area (Å²) in [4.78, 5) is 45.7. The summed E-state index contributed by atoms with van der Waals surface area (Å²) in [5.74, 6) is -0.995. The van der Waals surface area contributed by atoms with Crippen molar-refractivity contribution in [3.63, 3.8) is 0 Å². The lowest BCUT2D eigenvalue weighted by Gasteiger charge is -2.22. The third-order valence-electron chi connectivity index (χ3n) is 5.42. The highest BCUT2D eigenvalue weighted by Crippen LogP contribution is 2.43. The Kier molecular flexibility index (Phi) is 5.38. The zero-order chi connectivity index (χ0) is 23.3.